The van der Waals surface area contributed by atoms with Crippen LogP contribution in [0, 0.1) is 0 Å². The van der Waals surface area contributed by atoms with Gasteiger partial charge in [-0.3, -0.25) is 0 Å². The Kier molecular flexibility index (Phi) is 4.40. The molecule has 0 saturated heterocycles. The number of carbonyl (C=O) groups excluding carboxylic acids is 1. The van der Waals surface area contributed by atoms with Crippen LogP contribution >= 0.6 is 11.3 Å². The number of thiazole rings is 1. The molecule has 1 N–H and O–H groups in total. The lowest BCUT2D eigenvalue weighted by molar-refractivity contribution is 0.206. The van der Waals surface area contributed by atoms with Gasteiger partial charge in [-0.25, -0.2) is 9.31 Å². The standard InChI is InChI=1S/C21H19N5O2S/c1-28-16-9-5-8-15(12-16)22-20(27)25-11-10-17-18(13-25)29-21-23-19(24-26(17)21)14-6-3-2-4-7-14/h2-9,12H,10-11,13H2,1H3,(H,22,27). The Morgan fingerprint density at radius 1 is 1.17 bits per heavy atom. The summed E-state index contributed by atoms with van der Waals surface area (Å²) in [6.45, 7) is 1.19. The van der Waals surface area contributed by atoms with Gasteiger partial charge in [0.1, 0.15) is 5.75 Å². The SMILES string of the molecule is COc1cccc(NC(=O)N2CCc3c(sc4nc(-c5ccccc5)nn34)C2)c1. The third kappa shape index (κ3) is 3.31. The third-order valence-corrected chi connectivity index (χ3v) is 6.02. The molecule has 2 aromatic carbocycles. The van der Waals surface area contributed by atoms with Crippen molar-refractivity contribution in [3.8, 4) is 17.1 Å². The van der Waals surface area contributed by atoms with E-state index in [1.807, 2.05) is 64.0 Å². The Hall–Kier alpha value is -3.39. The van der Waals surface area contributed by atoms with E-state index in [-0.39, 0.29) is 6.03 Å². The highest BCUT2D eigenvalue weighted by atomic mass is 32.1. The van der Waals surface area contributed by atoms with E-state index >= 15 is 0 Å². The number of amides is 2. The van der Waals surface area contributed by atoms with Crippen LogP contribution in [0.5, 0.6) is 5.75 Å². The number of anilines is 1. The quantitative estimate of drug-likeness (QED) is 0.558. The number of nitrogens with zero attached hydrogens (tertiary/aromatic N) is 4. The topological polar surface area (TPSA) is 71.8 Å². The number of carbonyl (C=O) groups is 1. The number of ether oxygens (including phenoxy) is 1. The van der Waals surface area contributed by atoms with Gasteiger partial charge in [-0.1, -0.05) is 47.7 Å². The molecule has 146 valence electrons. The van der Waals surface area contributed by atoms with E-state index in [1.165, 1.54) is 0 Å². The van der Waals surface area contributed by atoms with Crippen molar-refractivity contribution in [3.05, 3.63) is 65.2 Å². The van der Waals surface area contributed by atoms with Crippen molar-refractivity contribution < 1.29 is 9.53 Å². The summed E-state index contributed by atoms with van der Waals surface area (Å²) in [5, 5.41) is 7.64. The average molecular weight is 405 g/mol. The van der Waals surface area contributed by atoms with Crippen LogP contribution in [0.3, 0.4) is 0 Å². The Balaban J connectivity index is 1.35. The van der Waals surface area contributed by atoms with Crippen molar-refractivity contribution in [2.75, 3.05) is 19.0 Å². The lowest BCUT2D eigenvalue weighted by Crippen LogP contribution is -2.38. The molecular weight excluding hydrogens is 386 g/mol. The normalized spacial score (nSPS) is 13.3. The number of hydrogen-bond acceptors (Lipinski definition) is 5. The second kappa shape index (κ2) is 7.21. The molecule has 8 heteroatoms. The first kappa shape index (κ1) is 17.7. The summed E-state index contributed by atoms with van der Waals surface area (Å²) in [7, 11) is 1.61. The predicted molar refractivity (Wildman–Crippen MR) is 112 cm³/mol. The minimum atomic E-state index is -0.118. The summed E-state index contributed by atoms with van der Waals surface area (Å²) in [6, 6.07) is 17.2. The zero-order valence-corrected chi connectivity index (χ0v) is 16.6. The smallest absolute Gasteiger partial charge is 0.322 e. The fraction of sp³-hybridized carbons (Fsp3) is 0.190. The summed E-state index contributed by atoms with van der Waals surface area (Å²) >= 11 is 1.60. The Morgan fingerprint density at radius 3 is 2.86 bits per heavy atom. The van der Waals surface area contributed by atoms with Gasteiger partial charge >= 0.3 is 6.03 Å². The van der Waals surface area contributed by atoms with Crippen LogP contribution in [0.2, 0.25) is 0 Å². The van der Waals surface area contributed by atoms with Gasteiger partial charge in [0.2, 0.25) is 4.96 Å². The molecule has 0 bridgehead atoms. The molecule has 0 aliphatic carbocycles. The van der Waals surface area contributed by atoms with Crippen LogP contribution in [0.1, 0.15) is 10.6 Å². The maximum Gasteiger partial charge on any atom is 0.322 e. The molecule has 0 saturated carbocycles. The number of nitrogens with one attached hydrogen (secondary N) is 1. The summed E-state index contributed by atoms with van der Waals surface area (Å²) in [5.74, 6) is 1.45. The van der Waals surface area contributed by atoms with Crippen molar-refractivity contribution in [2.24, 2.45) is 0 Å². The highest BCUT2D eigenvalue weighted by Crippen LogP contribution is 2.30. The van der Waals surface area contributed by atoms with Crippen LogP contribution < -0.4 is 10.1 Å². The fourth-order valence-corrected chi connectivity index (χ4v) is 4.59. The highest BCUT2D eigenvalue weighted by Gasteiger charge is 2.26. The van der Waals surface area contributed by atoms with Gasteiger partial charge in [0.25, 0.3) is 0 Å². The lowest BCUT2D eigenvalue weighted by Gasteiger charge is -2.26. The monoisotopic (exact) mass is 405 g/mol. The summed E-state index contributed by atoms with van der Waals surface area (Å²) in [5.41, 5.74) is 2.87. The van der Waals surface area contributed by atoms with Crippen LogP contribution in [0.15, 0.2) is 54.6 Å². The zero-order chi connectivity index (χ0) is 19.8. The molecule has 0 radical (unpaired) electrons. The van der Waals surface area contributed by atoms with Crippen molar-refractivity contribution in [3.63, 3.8) is 0 Å². The van der Waals surface area contributed by atoms with E-state index < -0.39 is 0 Å². The second-order valence-corrected chi connectivity index (χ2v) is 7.86. The van der Waals surface area contributed by atoms with E-state index in [0.29, 0.717) is 18.8 Å². The summed E-state index contributed by atoms with van der Waals surface area (Å²) < 4.78 is 7.15. The Labute approximate surface area is 171 Å². The maximum absolute atomic E-state index is 12.7. The lowest BCUT2D eigenvalue weighted by atomic mass is 10.2. The van der Waals surface area contributed by atoms with Crippen molar-refractivity contribution >= 4 is 28.0 Å². The molecule has 2 amide bonds. The van der Waals surface area contributed by atoms with E-state index in [1.54, 1.807) is 18.4 Å². The fourth-order valence-electron chi connectivity index (χ4n) is 3.48. The molecule has 0 fully saturated rings. The Morgan fingerprint density at radius 2 is 2.03 bits per heavy atom. The molecule has 5 rings (SSSR count). The molecule has 4 aromatic rings. The van der Waals surface area contributed by atoms with E-state index in [9.17, 15) is 4.79 Å². The number of benzene rings is 2. The first-order valence-electron chi connectivity index (χ1n) is 9.34. The largest absolute Gasteiger partial charge is 0.497 e. The summed E-state index contributed by atoms with van der Waals surface area (Å²) in [6.07, 6.45) is 0.748. The van der Waals surface area contributed by atoms with Crippen molar-refractivity contribution in [2.45, 2.75) is 13.0 Å². The Bertz CT molecular complexity index is 1180. The highest BCUT2D eigenvalue weighted by molar-refractivity contribution is 7.17. The first-order valence-corrected chi connectivity index (χ1v) is 10.2. The van der Waals surface area contributed by atoms with Gasteiger partial charge in [0.15, 0.2) is 5.82 Å². The number of aromatic nitrogens is 3. The molecule has 2 aromatic heterocycles. The zero-order valence-electron chi connectivity index (χ0n) is 15.8. The van der Waals surface area contributed by atoms with Gasteiger partial charge < -0.3 is 15.0 Å². The number of urea groups is 1. The predicted octanol–water partition coefficient (Wildman–Crippen LogP) is 4.06. The van der Waals surface area contributed by atoms with Gasteiger partial charge in [0.05, 0.1) is 19.3 Å². The van der Waals surface area contributed by atoms with Crippen molar-refractivity contribution in [1.82, 2.24) is 19.5 Å². The molecule has 3 heterocycles. The van der Waals surface area contributed by atoms with E-state index in [4.69, 9.17) is 9.84 Å². The maximum atomic E-state index is 12.7. The number of methoxy groups -OCH3 is 1. The first-order chi connectivity index (χ1) is 14.2. The summed E-state index contributed by atoms with van der Waals surface area (Å²) in [4.78, 5) is 21.2. The molecule has 29 heavy (non-hydrogen) atoms. The molecule has 1 aliphatic rings. The average Bonchev–Trinajstić information content (AvgIpc) is 3.32. The van der Waals surface area contributed by atoms with Gasteiger partial charge in [-0.2, -0.15) is 4.98 Å². The number of rotatable bonds is 3. The van der Waals surface area contributed by atoms with Crippen LogP contribution in [0.4, 0.5) is 10.5 Å². The minimum absolute atomic E-state index is 0.118. The minimum Gasteiger partial charge on any atom is -0.497 e. The molecular formula is C21H19N5O2S. The van der Waals surface area contributed by atoms with Crippen LogP contribution in [0.25, 0.3) is 16.3 Å². The van der Waals surface area contributed by atoms with E-state index in [2.05, 4.69) is 10.3 Å². The van der Waals surface area contributed by atoms with Gasteiger partial charge in [-0.15, -0.1) is 5.10 Å². The van der Waals surface area contributed by atoms with Gasteiger partial charge in [-0.05, 0) is 12.1 Å². The van der Waals surface area contributed by atoms with Crippen LogP contribution in [-0.4, -0.2) is 39.2 Å². The van der Waals surface area contributed by atoms with Gasteiger partial charge in [0, 0.05) is 35.2 Å². The molecule has 7 nitrogen and oxygen atoms in total. The van der Waals surface area contributed by atoms with Crippen molar-refractivity contribution in [1.29, 1.82) is 0 Å². The van der Waals surface area contributed by atoms with Crippen LogP contribution in [-0.2, 0) is 13.0 Å². The number of fused-ring (bicyclic) bond motifs is 3. The number of hydrogen-bond donors (Lipinski definition) is 1. The molecule has 1 aliphatic heterocycles. The second-order valence-electron chi connectivity index (χ2n) is 6.80. The molecule has 0 spiro atoms. The molecule has 0 unspecified atom stereocenters. The third-order valence-electron chi connectivity index (χ3n) is 4.96. The molecule has 0 atom stereocenters. The van der Waals surface area contributed by atoms with E-state index in [0.717, 1.165) is 39.0 Å².